The molecule has 0 saturated heterocycles. The molecule has 0 bridgehead atoms. The highest BCUT2D eigenvalue weighted by molar-refractivity contribution is 9.09. The standard InChI is InChI=1S/C14H20BrNO3/c1-10(6-7-15)9-16-14(17)11-4-5-12(18-2)13(8-11)19-3/h4-5,8,10H,6-7,9H2,1-3H3,(H,16,17). The first kappa shape index (κ1) is 15.8. The molecule has 1 aromatic carbocycles. The third kappa shape index (κ3) is 4.74. The van der Waals surface area contributed by atoms with Gasteiger partial charge < -0.3 is 14.8 Å². The lowest BCUT2D eigenvalue weighted by molar-refractivity contribution is 0.0947. The number of benzene rings is 1. The Kier molecular flexibility index (Phi) is 6.70. The Labute approximate surface area is 122 Å². The minimum absolute atomic E-state index is 0.0950. The lowest BCUT2D eigenvalue weighted by Gasteiger charge is -2.12. The van der Waals surface area contributed by atoms with E-state index in [1.807, 2.05) is 0 Å². The molecule has 5 heteroatoms. The van der Waals surface area contributed by atoms with E-state index in [2.05, 4.69) is 28.2 Å². The van der Waals surface area contributed by atoms with E-state index in [-0.39, 0.29) is 5.91 Å². The van der Waals surface area contributed by atoms with Gasteiger partial charge in [0, 0.05) is 17.4 Å². The van der Waals surface area contributed by atoms with Crippen LogP contribution in [0.4, 0.5) is 0 Å². The Morgan fingerprint density at radius 2 is 2.00 bits per heavy atom. The molecule has 0 fully saturated rings. The molecular weight excluding hydrogens is 310 g/mol. The van der Waals surface area contributed by atoms with E-state index in [1.165, 1.54) is 0 Å². The van der Waals surface area contributed by atoms with Crippen LogP contribution in [0.2, 0.25) is 0 Å². The van der Waals surface area contributed by atoms with Crippen LogP contribution in [0.1, 0.15) is 23.7 Å². The molecule has 1 N–H and O–H groups in total. The smallest absolute Gasteiger partial charge is 0.251 e. The zero-order valence-corrected chi connectivity index (χ0v) is 13.1. The molecular formula is C14H20BrNO3. The average molecular weight is 330 g/mol. The van der Waals surface area contributed by atoms with Gasteiger partial charge in [0.2, 0.25) is 0 Å². The summed E-state index contributed by atoms with van der Waals surface area (Å²) in [6.07, 6.45) is 1.03. The number of hydrogen-bond donors (Lipinski definition) is 1. The van der Waals surface area contributed by atoms with Crippen molar-refractivity contribution < 1.29 is 14.3 Å². The van der Waals surface area contributed by atoms with Crippen LogP contribution in [0, 0.1) is 5.92 Å². The normalized spacial score (nSPS) is 11.8. The van der Waals surface area contributed by atoms with Gasteiger partial charge in [0.15, 0.2) is 11.5 Å². The molecule has 19 heavy (non-hydrogen) atoms. The predicted molar refractivity (Wildman–Crippen MR) is 79.5 cm³/mol. The molecule has 0 aliphatic rings. The Morgan fingerprint density at radius 3 is 2.58 bits per heavy atom. The van der Waals surface area contributed by atoms with Crippen molar-refractivity contribution in [3.05, 3.63) is 23.8 Å². The minimum Gasteiger partial charge on any atom is -0.493 e. The van der Waals surface area contributed by atoms with Crippen LogP contribution in [0.3, 0.4) is 0 Å². The summed E-state index contributed by atoms with van der Waals surface area (Å²) in [5, 5.41) is 3.86. The largest absolute Gasteiger partial charge is 0.493 e. The van der Waals surface area contributed by atoms with E-state index in [4.69, 9.17) is 9.47 Å². The first-order valence-electron chi connectivity index (χ1n) is 6.18. The maximum Gasteiger partial charge on any atom is 0.251 e. The van der Waals surface area contributed by atoms with Crippen molar-refractivity contribution >= 4 is 21.8 Å². The van der Waals surface area contributed by atoms with Crippen LogP contribution in [0.25, 0.3) is 0 Å². The molecule has 4 nitrogen and oxygen atoms in total. The van der Waals surface area contributed by atoms with Gasteiger partial charge in [-0.05, 0) is 30.5 Å². The van der Waals surface area contributed by atoms with Gasteiger partial charge in [-0.15, -0.1) is 0 Å². The summed E-state index contributed by atoms with van der Waals surface area (Å²) in [6.45, 7) is 2.77. The van der Waals surface area contributed by atoms with Gasteiger partial charge in [-0.2, -0.15) is 0 Å². The lowest BCUT2D eigenvalue weighted by Crippen LogP contribution is -2.28. The molecule has 0 heterocycles. The van der Waals surface area contributed by atoms with E-state index >= 15 is 0 Å². The number of carbonyl (C=O) groups excluding carboxylic acids is 1. The van der Waals surface area contributed by atoms with Crippen molar-refractivity contribution in [3.8, 4) is 11.5 Å². The van der Waals surface area contributed by atoms with Crippen LogP contribution in [0.5, 0.6) is 11.5 Å². The fourth-order valence-corrected chi connectivity index (χ4v) is 2.42. The van der Waals surface area contributed by atoms with Crippen molar-refractivity contribution in [1.82, 2.24) is 5.32 Å². The summed E-state index contributed by atoms with van der Waals surface area (Å²) >= 11 is 3.39. The Bertz CT molecular complexity index is 423. The second-order valence-electron chi connectivity index (χ2n) is 4.36. The average Bonchev–Trinajstić information content (AvgIpc) is 2.44. The molecule has 0 radical (unpaired) electrons. The molecule has 1 aromatic rings. The highest BCUT2D eigenvalue weighted by atomic mass is 79.9. The van der Waals surface area contributed by atoms with Crippen molar-refractivity contribution in [3.63, 3.8) is 0 Å². The van der Waals surface area contributed by atoms with Crippen LogP contribution in [0.15, 0.2) is 18.2 Å². The van der Waals surface area contributed by atoms with Gasteiger partial charge in [0.05, 0.1) is 14.2 Å². The van der Waals surface area contributed by atoms with Gasteiger partial charge in [-0.25, -0.2) is 0 Å². The number of hydrogen-bond acceptors (Lipinski definition) is 3. The zero-order chi connectivity index (χ0) is 14.3. The van der Waals surface area contributed by atoms with E-state index in [1.54, 1.807) is 32.4 Å². The van der Waals surface area contributed by atoms with Crippen LogP contribution in [-0.2, 0) is 0 Å². The van der Waals surface area contributed by atoms with Gasteiger partial charge in [-0.3, -0.25) is 4.79 Å². The number of carbonyl (C=O) groups is 1. The third-order valence-electron chi connectivity index (χ3n) is 2.86. The van der Waals surface area contributed by atoms with E-state index in [0.717, 1.165) is 11.8 Å². The second kappa shape index (κ2) is 8.04. The lowest BCUT2D eigenvalue weighted by atomic mass is 10.1. The SMILES string of the molecule is COc1ccc(C(=O)NCC(C)CCBr)cc1OC. The first-order valence-corrected chi connectivity index (χ1v) is 7.30. The highest BCUT2D eigenvalue weighted by Crippen LogP contribution is 2.27. The second-order valence-corrected chi connectivity index (χ2v) is 5.16. The number of alkyl halides is 1. The Morgan fingerprint density at radius 1 is 1.32 bits per heavy atom. The van der Waals surface area contributed by atoms with Gasteiger partial charge >= 0.3 is 0 Å². The number of halogens is 1. The summed E-state index contributed by atoms with van der Waals surface area (Å²) < 4.78 is 10.3. The summed E-state index contributed by atoms with van der Waals surface area (Å²) in [6, 6.07) is 5.14. The summed E-state index contributed by atoms with van der Waals surface area (Å²) in [5.41, 5.74) is 0.573. The number of rotatable bonds is 7. The first-order chi connectivity index (χ1) is 9.12. The fourth-order valence-electron chi connectivity index (χ4n) is 1.63. The summed E-state index contributed by atoms with van der Waals surface area (Å²) in [4.78, 5) is 12.0. The van der Waals surface area contributed by atoms with E-state index in [9.17, 15) is 4.79 Å². The Hall–Kier alpha value is -1.23. The fraction of sp³-hybridized carbons (Fsp3) is 0.500. The van der Waals surface area contributed by atoms with Gasteiger partial charge in [0.25, 0.3) is 5.91 Å². The summed E-state index contributed by atoms with van der Waals surface area (Å²) in [5.74, 6) is 1.53. The quantitative estimate of drug-likeness (QED) is 0.782. The molecule has 0 aromatic heterocycles. The van der Waals surface area contributed by atoms with Crippen molar-refractivity contribution in [2.24, 2.45) is 5.92 Å². The van der Waals surface area contributed by atoms with Crippen LogP contribution in [-0.4, -0.2) is 32.0 Å². The molecule has 1 rings (SSSR count). The number of amides is 1. The molecule has 106 valence electrons. The van der Waals surface area contributed by atoms with Gasteiger partial charge in [0.1, 0.15) is 0 Å². The van der Waals surface area contributed by atoms with Crippen molar-refractivity contribution in [2.45, 2.75) is 13.3 Å². The predicted octanol–water partition coefficient (Wildman–Crippen LogP) is 2.85. The molecule has 1 amide bonds. The van der Waals surface area contributed by atoms with Crippen LogP contribution < -0.4 is 14.8 Å². The molecule has 0 spiro atoms. The maximum atomic E-state index is 12.0. The number of ether oxygens (including phenoxy) is 2. The number of nitrogens with one attached hydrogen (secondary N) is 1. The van der Waals surface area contributed by atoms with E-state index < -0.39 is 0 Å². The molecule has 0 aliphatic carbocycles. The molecule has 0 saturated carbocycles. The van der Waals surface area contributed by atoms with E-state index in [0.29, 0.717) is 29.5 Å². The monoisotopic (exact) mass is 329 g/mol. The minimum atomic E-state index is -0.0950. The summed E-state index contributed by atoms with van der Waals surface area (Å²) in [7, 11) is 3.12. The Balaban J connectivity index is 2.67. The number of methoxy groups -OCH3 is 2. The van der Waals surface area contributed by atoms with Crippen LogP contribution >= 0.6 is 15.9 Å². The maximum absolute atomic E-state index is 12.0. The third-order valence-corrected chi connectivity index (χ3v) is 3.32. The van der Waals surface area contributed by atoms with Crippen molar-refractivity contribution in [2.75, 3.05) is 26.1 Å². The topological polar surface area (TPSA) is 47.6 Å². The zero-order valence-electron chi connectivity index (χ0n) is 11.5. The molecule has 1 unspecified atom stereocenters. The van der Waals surface area contributed by atoms with Gasteiger partial charge in [-0.1, -0.05) is 22.9 Å². The van der Waals surface area contributed by atoms with Crippen molar-refractivity contribution in [1.29, 1.82) is 0 Å². The molecule has 0 aliphatic heterocycles. The highest BCUT2D eigenvalue weighted by Gasteiger charge is 2.11. The molecule has 1 atom stereocenters.